The predicted octanol–water partition coefficient (Wildman–Crippen LogP) is 0.997. The maximum atomic E-state index is 10.9. The van der Waals surface area contributed by atoms with E-state index in [4.69, 9.17) is 0 Å². The maximum Gasteiger partial charge on any atom is 0.222 e. The SMILES string of the molecule is CC(C)CN1CCC2(CC1)CC(=O)N2. The molecular weight excluding hydrogens is 176 g/mol. The quantitative estimate of drug-likeness (QED) is 0.668. The summed E-state index contributed by atoms with van der Waals surface area (Å²) in [6.07, 6.45) is 3.05. The highest BCUT2D eigenvalue weighted by Gasteiger charge is 2.44. The Labute approximate surface area is 85.8 Å². The number of hydrogen-bond donors (Lipinski definition) is 1. The van der Waals surface area contributed by atoms with Crippen LogP contribution in [0.25, 0.3) is 0 Å². The fourth-order valence-corrected chi connectivity index (χ4v) is 2.57. The van der Waals surface area contributed by atoms with Crippen LogP contribution in [0.3, 0.4) is 0 Å². The van der Waals surface area contributed by atoms with E-state index in [1.807, 2.05) is 0 Å². The van der Waals surface area contributed by atoms with E-state index in [1.165, 1.54) is 6.54 Å². The van der Waals surface area contributed by atoms with E-state index in [1.54, 1.807) is 0 Å². The van der Waals surface area contributed by atoms with E-state index < -0.39 is 0 Å². The first-order valence-corrected chi connectivity index (χ1v) is 5.63. The second kappa shape index (κ2) is 3.54. The van der Waals surface area contributed by atoms with Crippen LogP contribution in [0.4, 0.5) is 0 Å². The molecule has 1 amide bonds. The number of nitrogens with one attached hydrogen (secondary N) is 1. The minimum Gasteiger partial charge on any atom is -0.350 e. The van der Waals surface area contributed by atoms with Crippen LogP contribution in [0.15, 0.2) is 0 Å². The molecule has 2 rings (SSSR count). The monoisotopic (exact) mass is 196 g/mol. The Morgan fingerprint density at radius 1 is 1.43 bits per heavy atom. The smallest absolute Gasteiger partial charge is 0.222 e. The number of β-lactam (4-membered cyclic amide) rings is 1. The van der Waals surface area contributed by atoms with Gasteiger partial charge in [0.1, 0.15) is 0 Å². The van der Waals surface area contributed by atoms with Crippen LogP contribution in [0.2, 0.25) is 0 Å². The van der Waals surface area contributed by atoms with E-state index >= 15 is 0 Å². The van der Waals surface area contributed by atoms with E-state index in [0.29, 0.717) is 0 Å². The van der Waals surface area contributed by atoms with Gasteiger partial charge in [-0.15, -0.1) is 0 Å². The Bertz CT molecular complexity index is 219. The van der Waals surface area contributed by atoms with Crippen LogP contribution in [0, 0.1) is 5.92 Å². The number of nitrogens with zero attached hydrogens (tertiary/aromatic N) is 1. The number of hydrogen-bond acceptors (Lipinski definition) is 2. The molecule has 2 fully saturated rings. The van der Waals surface area contributed by atoms with Crippen molar-refractivity contribution in [3.05, 3.63) is 0 Å². The van der Waals surface area contributed by atoms with Gasteiger partial charge < -0.3 is 10.2 Å². The van der Waals surface area contributed by atoms with Crippen molar-refractivity contribution in [1.82, 2.24) is 10.2 Å². The van der Waals surface area contributed by atoms with Gasteiger partial charge in [-0.1, -0.05) is 13.8 Å². The zero-order valence-corrected chi connectivity index (χ0v) is 9.18. The second-order valence-corrected chi connectivity index (χ2v) is 5.20. The number of carbonyl (C=O) groups is 1. The number of amides is 1. The Morgan fingerprint density at radius 2 is 2.00 bits per heavy atom. The molecule has 0 aromatic heterocycles. The van der Waals surface area contributed by atoms with Crippen LogP contribution < -0.4 is 5.32 Å². The summed E-state index contributed by atoms with van der Waals surface area (Å²) in [6, 6.07) is 0. The molecule has 0 radical (unpaired) electrons. The predicted molar refractivity (Wildman–Crippen MR) is 56.0 cm³/mol. The summed E-state index contributed by atoms with van der Waals surface area (Å²) in [5, 5.41) is 3.07. The van der Waals surface area contributed by atoms with Gasteiger partial charge in [0.15, 0.2) is 0 Å². The summed E-state index contributed by atoms with van der Waals surface area (Å²) >= 11 is 0. The number of carbonyl (C=O) groups excluding carboxylic acids is 1. The molecule has 14 heavy (non-hydrogen) atoms. The third kappa shape index (κ3) is 1.92. The number of likely N-dealkylation sites (tertiary alicyclic amines) is 1. The van der Waals surface area contributed by atoms with Gasteiger partial charge in [-0.2, -0.15) is 0 Å². The van der Waals surface area contributed by atoms with Crippen molar-refractivity contribution in [1.29, 1.82) is 0 Å². The van der Waals surface area contributed by atoms with Crippen molar-refractivity contribution in [2.75, 3.05) is 19.6 Å². The summed E-state index contributed by atoms with van der Waals surface area (Å²) in [7, 11) is 0. The van der Waals surface area contributed by atoms with Crippen LogP contribution in [-0.4, -0.2) is 36.0 Å². The molecule has 3 heteroatoms. The van der Waals surface area contributed by atoms with Gasteiger partial charge in [0.2, 0.25) is 5.91 Å². The Morgan fingerprint density at radius 3 is 2.43 bits per heavy atom. The summed E-state index contributed by atoms with van der Waals surface area (Å²) in [4.78, 5) is 13.4. The molecule has 2 aliphatic heterocycles. The summed E-state index contributed by atoms with van der Waals surface area (Å²) in [5.74, 6) is 0.988. The van der Waals surface area contributed by atoms with Crippen LogP contribution in [-0.2, 0) is 4.79 Å². The lowest BCUT2D eigenvalue weighted by atomic mass is 9.78. The molecule has 80 valence electrons. The van der Waals surface area contributed by atoms with Crippen molar-refractivity contribution < 1.29 is 4.79 Å². The van der Waals surface area contributed by atoms with E-state index in [2.05, 4.69) is 24.1 Å². The molecule has 2 heterocycles. The first-order chi connectivity index (χ1) is 6.60. The van der Waals surface area contributed by atoms with Gasteiger partial charge >= 0.3 is 0 Å². The highest BCUT2D eigenvalue weighted by Crippen LogP contribution is 2.31. The zero-order valence-electron chi connectivity index (χ0n) is 9.18. The summed E-state index contributed by atoms with van der Waals surface area (Å²) in [6.45, 7) is 8.02. The molecular formula is C11H20N2O. The van der Waals surface area contributed by atoms with Crippen LogP contribution in [0.5, 0.6) is 0 Å². The number of piperidine rings is 1. The van der Waals surface area contributed by atoms with Crippen molar-refractivity contribution in [3.63, 3.8) is 0 Å². The third-order valence-corrected chi connectivity index (χ3v) is 3.34. The molecule has 0 aromatic rings. The van der Waals surface area contributed by atoms with Crippen molar-refractivity contribution in [2.24, 2.45) is 5.92 Å². The van der Waals surface area contributed by atoms with Gasteiger partial charge in [0.25, 0.3) is 0 Å². The fraction of sp³-hybridized carbons (Fsp3) is 0.909. The normalized spacial score (nSPS) is 26.4. The molecule has 0 aliphatic carbocycles. The minimum atomic E-state index is 0.199. The topological polar surface area (TPSA) is 32.3 Å². The van der Waals surface area contributed by atoms with Gasteiger partial charge in [0, 0.05) is 26.1 Å². The molecule has 2 aliphatic rings. The minimum absolute atomic E-state index is 0.199. The first kappa shape index (κ1) is 9.97. The lowest BCUT2D eigenvalue weighted by Crippen LogP contribution is -2.65. The fourth-order valence-electron chi connectivity index (χ4n) is 2.57. The average molecular weight is 196 g/mol. The molecule has 0 unspecified atom stereocenters. The van der Waals surface area contributed by atoms with Gasteiger partial charge in [-0.3, -0.25) is 4.79 Å². The average Bonchev–Trinajstić information content (AvgIpc) is 2.05. The van der Waals surface area contributed by atoms with E-state index in [0.717, 1.165) is 38.3 Å². The molecule has 0 atom stereocenters. The summed E-state index contributed by atoms with van der Waals surface area (Å²) in [5.41, 5.74) is 0.199. The third-order valence-electron chi connectivity index (χ3n) is 3.34. The lowest BCUT2D eigenvalue weighted by molar-refractivity contribution is -0.134. The van der Waals surface area contributed by atoms with Crippen LogP contribution in [0.1, 0.15) is 33.1 Å². The largest absolute Gasteiger partial charge is 0.350 e. The van der Waals surface area contributed by atoms with Crippen molar-refractivity contribution in [2.45, 2.75) is 38.6 Å². The first-order valence-electron chi connectivity index (χ1n) is 5.63. The summed E-state index contributed by atoms with van der Waals surface area (Å²) < 4.78 is 0. The molecule has 1 N–H and O–H groups in total. The van der Waals surface area contributed by atoms with Gasteiger partial charge in [-0.25, -0.2) is 0 Å². The highest BCUT2D eigenvalue weighted by molar-refractivity contribution is 5.84. The molecule has 1 spiro atoms. The molecule has 0 bridgehead atoms. The molecule has 2 saturated heterocycles. The molecule has 0 saturated carbocycles. The standard InChI is InChI=1S/C11H20N2O/c1-9(2)8-13-5-3-11(4-6-13)7-10(14)12-11/h9H,3-8H2,1-2H3,(H,12,14). The highest BCUT2D eigenvalue weighted by atomic mass is 16.2. The Kier molecular flexibility index (Phi) is 2.52. The second-order valence-electron chi connectivity index (χ2n) is 5.20. The lowest BCUT2D eigenvalue weighted by Gasteiger charge is -2.48. The van der Waals surface area contributed by atoms with Gasteiger partial charge in [-0.05, 0) is 18.8 Å². The maximum absolute atomic E-state index is 10.9. The van der Waals surface area contributed by atoms with Crippen molar-refractivity contribution in [3.8, 4) is 0 Å². The van der Waals surface area contributed by atoms with E-state index in [9.17, 15) is 4.79 Å². The zero-order chi connectivity index (χ0) is 10.2. The Balaban J connectivity index is 1.78. The van der Waals surface area contributed by atoms with Crippen LogP contribution >= 0.6 is 0 Å². The molecule has 0 aromatic carbocycles. The van der Waals surface area contributed by atoms with Crippen molar-refractivity contribution >= 4 is 5.91 Å². The number of rotatable bonds is 2. The van der Waals surface area contributed by atoms with E-state index in [-0.39, 0.29) is 11.4 Å². The Hall–Kier alpha value is -0.570. The van der Waals surface area contributed by atoms with Gasteiger partial charge in [0.05, 0.1) is 5.54 Å². The molecule has 3 nitrogen and oxygen atoms in total.